The maximum absolute atomic E-state index is 12.3. The SMILES string of the molecule is CCOCC(=O)N1C[C@@H]2CC[C@H]1CN(Cc1ccccc1)C2. The number of carbonyl (C=O) groups is 1. The van der Waals surface area contributed by atoms with Crippen LogP contribution in [-0.2, 0) is 16.1 Å². The molecule has 0 spiro atoms. The summed E-state index contributed by atoms with van der Waals surface area (Å²) in [5, 5.41) is 0. The van der Waals surface area contributed by atoms with Crippen molar-refractivity contribution in [3.8, 4) is 0 Å². The highest BCUT2D eigenvalue weighted by Gasteiger charge is 2.36. The second-order valence-corrected chi connectivity index (χ2v) is 6.46. The molecule has 0 saturated carbocycles. The summed E-state index contributed by atoms with van der Waals surface area (Å²) in [6.07, 6.45) is 2.38. The Hall–Kier alpha value is -1.39. The topological polar surface area (TPSA) is 32.8 Å². The van der Waals surface area contributed by atoms with E-state index in [9.17, 15) is 4.79 Å². The summed E-state index contributed by atoms with van der Waals surface area (Å²) >= 11 is 0. The van der Waals surface area contributed by atoms with Gasteiger partial charge in [-0.15, -0.1) is 0 Å². The molecule has 3 fully saturated rings. The number of ether oxygens (including phenoxy) is 1. The molecule has 3 aliphatic rings. The molecular weight excluding hydrogens is 276 g/mol. The summed E-state index contributed by atoms with van der Waals surface area (Å²) in [7, 11) is 0. The number of nitrogens with zero attached hydrogens (tertiary/aromatic N) is 2. The third-order valence-corrected chi connectivity index (χ3v) is 4.79. The van der Waals surface area contributed by atoms with Crippen molar-refractivity contribution in [1.29, 1.82) is 0 Å². The second-order valence-electron chi connectivity index (χ2n) is 6.46. The summed E-state index contributed by atoms with van der Waals surface area (Å²) in [6.45, 7) is 6.76. The van der Waals surface area contributed by atoms with Crippen molar-refractivity contribution < 1.29 is 9.53 Å². The Labute approximate surface area is 133 Å². The predicted molar refractivity (Wildman–Crippen MR) is 86.4 cm³/mol. The number of hydrogen-bond acceptors (Lipinski definition) is 3. The van der Waals surface area contributed by atoms with Crippen molar-refractivity contribution in [3.05, 3.63) is 35.9 Å². The van der Waals surface area contributed by atoms with E-state index in [0.717, 1.165) is 32.6 Å². The van der Waals surface area contributed by atoms with E-state index in [1.165, 1.54) is 12.0 Å². The third-order valence-electron chi connectivity index (χ3n) is 4.79. The Balaban J connectivity index is 1.64. The fraction of sp³-hybridized carbons (Fsp3) is 0.611. The standard InChI is InChI=1S/C18H26N2O2/c1-2-22-14-18(21)20-12-16-8-9-17(20)13-19(11-16)10-15-6-4-3-5-7-15/h3-7,16-17H,2,8-14H2,1H3/t16-,17+/m1/s1. The van der Waals surface area contributed by atoms with Crippen molar-refractivity contribution >= 4 is 5.91 Å². The molecule has 2 atom stereocenters. The van der Waals surface area contributed by atoms with Crippen LogP contribution in [0.3, 0.4) is 0 Å². The van der Waals surface area contributed by atoms with Crippen molar-refractivity contribution in [2.75, 3.05) is 32.8 Å². The Bertz CT molecular complexity index is 491. The molecule has 1 aromatic carbocycles. The quantitative estimate of drug-likeness (QED) is 0.835. The van der Waals surface area contributed by atoms with Gasteiger partial charge in [-0.3, -0.25) is 9.69 Å². The molecule has 1 aromatic rings. The minimum atomic E-state index is 0.165. The van der Waals surface area contributed by atoms with E-state index in [4.69, 9.17) is 4.74 Å². The summed E-state index contributed by atoms with van der Waals surface area (Å²) < 4.78 is 5.31. The van der Waals surface area contributed by atoms with E-state index in [-0.39, 0.29) is 12.5 Å². The van der Waals surface area contributed by atoms with Gasteiger partial charge in [-0.25, -0.2) is 0 Å². The van der Waals surface area contributed by atoms with E-state index < -0.39 is 0 Å². The van der Waals surface area contributed by atoms with Gasteiger partial charge < -0.3 is 9.64 Å². The maximum Gasteiger partial charge on any atom is 0.248 e. The Morgan fingerprint density at radius 2 is 2.00 bits per heavy atom. The number of rotatable bonds is 5. The number of fused-ring (bicyclic) bond motifs is 4. The molecule has 22 heavy (non-hydrogen) atoms. The van der Waals surface area contributed by atoms with Crippen LogP contribution >= 0.6 is 0 Å². The molecule has 120 valence electrons. The first-order valence-corrected chi connectivity index (χ1v) is 8.39. The molecular formula is C18H26N2O2. The van der Waals surface area contributed by atoms with E-state index in [0.29, 0.717) is 18.6 Å². The molecule has 0 unspecified atom stereocenters. The van der Waals surface area contributed by atoms with Gasteiger partial charge in [-0.05, 0) is 31.2 Å². The third kappa shape index (κ3) is 3.68. The zero-order valence-electron chi connectivity index (χ0n) is 13.4. The van der Waals surface area contributed by atoms with Gasteiger partial charge in [-0.2, -0.15) is 0 Å². The van der Waals surface area contributed by atoms with Crippen LogP contribution in [0.5, 0.6) is 0 Å². The van der Waals surface area contributed by atoms with Gasteiger partial charge in [0.15, 0.2) is 0 Å². The Morgan fingerprint density at radius 3 is 2.77 bits per heavy atom. The van der Waals surface area contributed by atoms with Gasteiger partial charge >= 0.3 is 0 Å². The van der Waals surface area contributed by atoms with E-state index in [1.807, 2.05) is 6.92 Å². The lowest BCUT2D eigenvalue weighted by molar-refractivity contribution is -0.140. The highest BCUT2D eigenvalue weighted by atomic mass is 16.5. The van der Waals surface area contributed by atoms with Crippen molar-refractivity contribution in [3.63, 3.8) is 0 Å². The zero-order chi connectivity index (χ0) is 15.4. The molecule has 2 bridgehead atoms. The van der Waals surface area contributed by atoms with Crippen molar-refractivity contribution in [2.45, 2.75) is 32.4 Å². The van der Waals surface area contributed by atoms with Crippen LogP contribution in [0.2, 0.25) is 0 Å². The van der Waals surface area contributed by atoms with Crippen LogP contribution in [-0.4, -0.2) is 54.6 Å². The highest BCUT2D eigenvalue weighted by Crippen LogP contribution is 2.28. The largest absolute Gasteiger partial charge is 0.372 e. The van der Waals surface area contributed by atoms with Crippen LogP contribution in [0.15, 0.2) is 30.3 Å². The fourth-order valence-corrected chi connectivity index (χ4v) is 3.73. The van der Waals surface area contributed by atoms with Gasteiger partial charge in [0.1, 0.15) is 6.61 Å². The van der Waals surface area contributed by atoms with Gasteiger partial charge in [0.05, 0.1) is 0 Å². The molecule has 4 rings (SSSR count). The molecule has 4 heteroatoms. The smallest absolute Gasteiger partial charge is 0.248 e. The van der Waals surface area contributed by atoms with Crippen LogP contribution in [0.4, 0.5) is 0 Å². The lowest BCUT2D eigenvalue weighted by Gasteiger charge is -2.36. The Kier molecular flexibility index (Phi) is 5.11. The lowest BCUT2D eigenvalue weighted by Crippen LogP contribution is -2.48. The van der Waals surface area contributed by atoms with E-state index in [1.54, 1.807) is 0 Å². The number of carbonyl (C=O) groups excluding carboxylic acids is 1. The lowest BCUT2D eigenvalue weighted by atomic mass is 9.95. The van der Waals surface area contributed by atoms with E-state index in [2.05, 4.69) is 40.1 Å². The molecule has 3 aliphatic heterocycles. The molecule has 0 N–H and O–H groups in total. The maximum atomic E-state index is 12.3. The van der Waals surface area contributed by atoms with Gasteiger partial charge in [-0.1, -0.05) is 30.3 Å². The van der Waals surface area contributed by atoms with Crippen LogP contribution in [0, 0.1) is 5.92 Å². The first kappa shape index (κ1) is 15.5. The van der Waals surface area contributed by atoms with Crippen molar-refractivity contribution in [1.82, 2.24) is 9.80 Å². The number of hydrogen-bond donors (Lipinski definition) is 0. The fourth-order valence-electron chi connectivity index (χ4n) is 3.73. The molecule has 0 aromatic heterocycles. The predicted octanol–water partition coefficient (Wildman–Crippen LogP) is 2.15. The molecule has 4 nitrogen and oxygen atoms in total. The molecule has 0 aliphatic carbocycles. The first-order valence-electron chi connectivity index (χ1n) is 8.39. The summed E-state index contributed by atoms with van der Waals surface area (Å²) in [6, 6.07) is 11.0. The highest BCUT2D eigenvalue weighted by molar-refractivity contribution is 5.78. The van der Waals surface area contributed by atoms with Crippen molar-refractivity contribution in [2.24, 2.45) is 5.92 Å². The summed E-state index contributed by atoms with van der Waals surface area (Å²) in [5.74, 6) is 0.770. The minimum Gasteiger partial charge on any atom is -0.372 e. The monoisotopic (exact) mass is 302 g/mol. The second kappa shape index (κ2) is 7.25. The van der Waals surface area contributed by atoms with Crippen LogP contribution in [0.25, 0.3) is 0 Å². The van der Waals surface area contributed by atoms with Gasteiger partial charge in [0.2, 0.25) is 5.91 Å². The van der Waals surface area contributed by atoms with Gasteiger partial charge in [0, 0.05) is 38.8 Å². The van der Waals surface area contributed by atoms with Crippen LogP contribution < -0.4 is 0 Å². The average molecular weight is 302 g/mol. The Morgan fingerprint density at radius 1 is 1.18 bits per heavy atom. The van der Waals surface area contributed by atoms with E-state index >= 15 is 0 Å². The molecule has 0 radical (unpaired) electrons. The molecule has 1 amide bonds. The zero-order valence-corrected chi connectivity index (χ0v) is 13.4. The average Bonchev–Trinajstić information content (AvgIpc) is 2.84. The molecule has 3 heterocycles. The van der Waals surface area contributed by atoms with Crippen LogP contribution in [0.1, 0.15) is 25.3 Å². The first-order chi connectivity index (χ1) is 10.8. The number of benzene rings is 1. The summed E-state index contributed by atoms with van der Waals surface area (Å²) in [5.41, 5.74) is 1.36. The normalized spacial score (nSPS) is 25.2. The minimum absolute atomic E-state index is 0.165. The summed E-state index contributed by atoms with van der Waals surface area (Å²) in [4.78, 5) is 16.9. The van der Waals surface area contributed by atoms with Gasteiger partial charge in [0.25, 0.3) is 0 Å². The number of amides is 1. The molecule has 3 saturated heterocycles. The number of piperidine rings is 1.